The molecule has 31 heteroatoms. The third-order valence-corrected chi connectivity index (χ3v) is 19.0. The molecule has 7 N–H and O–H groups in total. The first-order chi connectivity index (χ1) is 49.7. The Morgan fingerprint density at radius 3 is 1.35 bits per heavy atom. The Balaban J connectivity index is 0.000000146. The minimum atomic E-state index is -4.30. The van der Waals surface area contributed by atoms with Crippen LogP contribution in [0.4, 0.5) is 31.0 Å². The van der Waals surface area contributed by atoms with E-state index in [9.17, 15) is 33.3 Å². The lowest BCUT2D eigenvalue weighted by molar-refractivity contribution is -0.136. The molecule has 11 aromatic rings. The molecular formula is C72H89F3N22O6. The van der Waals surface area contributed by atoms with E-state index < -0.39 is 18.6 Å². The van der Waals surface area contributed by atoms with Crippen molar-refractivity contribution in [1.29, 1.82) is 0 Å². The van der Waals surface area contributed by atoms with E-state index in [1.54, 1.807) is 75.2 Å². The second kappa shape index (κ2) is 33.0. The van der Waals surface area contributed by atoms with Crippen molar-refractivity contribution in [1.82, 2.24) is 93.6 Å². The van der Waals surface area contributed by atoms with E-state index in [1.165, 1.54) is 13.1 Å². The van der Waals surface area contributed by atoms with Crippen molar-refractivity contribution in [3.63, 3.8) is 0 Å². The number of carbonyl (C=O) groups excluding carboxylic acids is 1. The van der Waals surface area contributed by atoms with Crippen LogP contribution in [0.1, 0.15) is 167 Å². The number of pyridine rings is 1. The molecule has 0 unspecified atom stereocenters. The monoisotopic (exact) mass is 1410 g/mol. The van der Waals surface area contributed by atoms with Crippen molar-refractivity contribution in [2.24, 2.45) is 0 Å². The molecule has 3 fully saturated rings. The zero-order valence-corrected chi connectivity index (χ0v) is 58.9. The van der Waals surface area contributed by atoms with Crippen LogP contribution in [0.2, 0.25) is 0 Å². The average molecular weight is 1420 g/mol. The van der Waals surface area contributed by atoms with Crippen LogP contribution >= 0.6 is 0 Å². The number of nitrogens with one attached hydrogen (secondary N) is 4. The minimum absolute atomic E-state index is 0.0869. The fraction of sp³-hybridized carbons (Fsp3) is 0.472. The van der Waals surface area contributed by atoms with Gasteiger partial charge in [0.25, 0.3) is 5.91 Å². The Kier molecular flexibility index (Phi) is 23.3. The number of nitrogens with zero attached hydrogens (tertiary/aromatic N) is 18. The number of aliphatic hydroxyl groups excluding tert-OH is 3. The van der Waals surface area contributed by atoms with Gasteiger partial charge >= 0.3 is 6.18 Å². The van der Waals surface area contributed by atoms with Gasteiger partial charge in [-0.05, 0) is 129 Å². The predicted molar refractivity (Wildman–Crippen MR) is 380 cm³/mol. The average Bonchev–Trinajstić information content (AvgIpc) is 1.63. The molecule has 544 valence electrons. The third kappa shape index (κ3) is 18.3. The second-order valence-corrected chi connectivity index (χ2v) is 27.2. The minimum Gasteiger partial charge on any atom is -0.393 e. The highest BCUT2D eigenvalue weighted by atomic mass is 19.4. The summed E-state index contributed by atoms with van der Waals surface area (Å²) in [5, 5.41) is 65.3. The molecule has 3 atom stereocenters. The number of halogens is 3. The number of hydrogen-bond acceptors (Lipinski definition) is 22. The van der Waals surface area contributed by atoms with Crippen molar-refractivity contribution in [3.8, 4) is 33.4 Å². The Labute approximate surface area is 593 Å². The van der Waals surface area contributed by atoms with E-state index in [-0.39, 0.29) is 48.2 Å². The topological polar surface area (TPSA) is 335 Å². The molecule has 3 aliphatic carbocycles. The van der Waals surface area contributed by atoms with Gasteiger partial charge in [0, 0.05) is 151 Å². The Morgan fingerprint density at radius 1 is 0.515 bits per heavy atom. The molecule has 28 nitrogen and oxygen atoms in total. The number of carbonyl (C=O) groups is 1. The van der Waals surface area contributed by atoms with Crippen LogP contribution in [-0.2, 0) is 22.6 Å². The maximum atomic E-state index is 12.8. The fourth-order valence-corrected chi connectivity index (χ4v) is 13.8. The lowest BCUT2D eigenvalue weighted by Gasteiger charge is -2.25. The first-order valence-electron chi connectivity index (χ1n) is 35.0. The molecule has 1 amide bonds. The zero-order valence-electron chi connectivity index (χ0n) is 58.9. The molecule has 11 aromatic heterocycles. The number of aryl methyl sites for hydroxylation is 1. The van der Waals surface area contributed by atoms with Crippen molar-refractivity contribution >= 4 is 40.3 Å². The van der Waals surface area contributed by atoms with Crippen molar-refractivity contribution in [2.45, 2.75) is 185 Å². The number of fused-ring (bicyclic) bond motifs is 3. The molecule has 3 saturated carbocycles. The lowest BCUT2D eigenvalue weighted by Crippen LogP contribution is -2.25. The van der Waals surface area contributed by atoms with Crippen LogP contribution in [0, 0.1) is 6.92 Å². The summed E-state index contributed by atoms with van der Waals surface area (Å²) in [7, 11) is 4.91. The largest absolute Gasteiger partial charge is 0.393 e. The number of anilines is 3. The molecule has 0 spiro atoms. The van der Waals surface area contributed by atoms with Gasteiger partial charge in [-0.1, -0.05) is 0 Å². The van der Waals surface area contributed by atoms with Gasteiger partial charge in [-0.2, -0.15) is 23.4 Å². The molecule has 103 heavy (non-hydrogen) atoms. The quantitative estimate of drug-likeness (QED) is 0.0332. The van der Waals surface area contributed by atoms with E-state index >= 15 is 0 Å². The number of aromatic nitrogens is 18. The second-order valence-electron chi connectivity index (χ2n) is 27.2. The Morgan fingerprint density at radius 2 is 0.951 bits per heavy atom. The predicted octanol–water partition coefficient (Wildman–Crippen LogP) is 10.0. The Hall–Kier alpha value is -9.95. The van der Waals surface area contributed by atoms with E-state index in [0.29, 0.717) is 79.5 Å². The molecule has 11 heterocycles. The van der Waals surface area contributed by atoms with Crippen LogP contribution < -0.4 is 21.3 Å². The molecule has 0 bridgehead atoms. The smallest absolute Gasteiger partial charge is 0.391 e. The summed E-state index contributed by atoms with van der Waals surface area (Å²) in [6, 6.07) is 7.40. The molecule has 0 aliphatic heterocycles. The van der Waals surface area contributed by atoms with Crippen LogP contribution in [0.25, 0.3) is 49.9 Å². The molecular weight excluding hydrogens is 1330 g/mol. The van der Waals surface area contributed by atoms with Gasteiger partial charge in [0.1, 0.15) is 0 Å². The summed E-state index contributed by atoms with van der Waals surface area (Å²) >= 11 is 0. The number of hydrogen-bond donors (Lipinski definition) is 7. The fourth-order valence-electron chi connectivity index (χ4n) is 13.8. The first kappa shape index (κ1) is 72.8. The number of ether oxygens (including phenoxy) is 2. The van der Waals surface area contributed by atoms with E-state index in [0.717, 1.165) is 137 Å². The van der Waals surface area contributed by atoms with Crippen LogP contribution in [0.3, 0.4) is 0 Å². The summed E-state index contributed by atoms with van der Waals surface area (Å²) in [6.45, 7) is 9.66. The van der Waals surface area contributed by atoms with Crippen molar-refractivity contribution in [2.75, 3.05) is 50.4 Å². The van der Waals surface area contributed by atoms with Gasteiger partial charge < -0.3 is 46.1 Å². The van der Waals surface area contributed by atoms with Crippen molar-refractivity contribution < 1.29 is 42.8 Å². The van der Waals surface area contributed by atoms with Gasteiger partial charge in [-0.25, -0.2) is 28.5 Å². The highest BCUT2D eigenvalue weighted by Gasteiger charge is 2.32. The molecule has 0 radical (unpaired) electrons. The van der Waals surface area contributed by atoms with Crippen molar-refractivity contribution in [3.05, 3.63) is 151 Å². The highest BCUT2D eigenvalue weighted by Crippen LogP contribution is 2.41. The van der Waals surface area contributed by atoms with Crippen LogP contribution in [0.15, 0.2) is 111 Å². The van der Waals surface area contributed by atoms with E-state index in [2.05, 4.69) is 88.6 Å². The van der Waals surface area contributed by atoms with E-state index in [4.69, 9.17) is 19.7 Å². The normalized spacial score (nSPS) is 19.4. The summed E-state index contributed by atoms with van der Waals surface area (Å²) in [5.41, 5.74) is 14.3. The van der Waals surface area contributed by atoms with Gasteiger partial charge in [0.2, 0.25) is 17.8 Å². The lowest BCUT2D eigenvalue weighted by atomic mass is 9.85. The summed E-state index contributed by atoms with van der Waals surface area (Å²) in [4.78, 5) is 47.0. The van der Waals surface area contributed by atoms with Gasteiger partial charge in [0.15, 0.2) is 0 Å². The van der Waals surface area contributed by atoms with Gasteiger partial charge in [-0.15, -0.1) is 15.3 Å². The first-order valence-corrected chi connectivity index (χ1v) is 35.0. The molecule has 14 rings (SSSR count). The maximum Gasteiger partial charge on any atom is 0.391 e. The Bertz CT molecular complexity index is 4600. The van der Waals surface area contributed by atoms with Gasteiger partial charge in [-0.3, -0.25) is 39.1 Å². The number of methoxy groups -OCH3 is 2. The molecule has 0 saturated heterocycles. The van der Waals surface area contributed by atoms with Crippen LogP contribution in [0.5, 0.6) is 0 Å². The van der Waals surface area contributed by atoms with Crippen LogP contribution in [-0.4, -0.2) is 187 Å². The number of amides is 1. The maximum absolute atomic E-state index is 12.8. The summed E-state index contributed by atoms with van der Waals surface area (Å²) in [6.07, 6.45) is 28.7. The number of alkyl halides is 3. The van der Waals surface area contributed by atoms with E-state index in [1.807, 2.05) is 82.4 Å². The summed E-state index contributed by atoms with van der Waals surface area (Å²) < 4.78 is 58.2. The number of aliphatic hydroxyl groups is 3. The zero-order chi connectivity index (χ0) is 72.3. The molecule has 3 aliphatic rings. The SMILES string of the molecule is CNC(=O)c1cncc(-c2cc(C3CCC(O)CC3)n3nc(N[C@@H](C)CC(F)(F)F)ncc23)c1.COC[C@H](C)Nc1ncc2c(-c3cnn(Cc4cnc(C)cn4)c3)cc(C3CCC(O)CC3)n2n1.COC[C@H](C)Nc1ncc2c(-c3cnn(Cc4cnccn4)c3)cc(C3CCC(O)CC3)n2n1. The standard InChI is InChI=1S/C25H32N8O2.C24H30N8O2.C23H27F3N6O2/c1-16-9-27-20(11-26-16)14-32-13-19(10-29-32)22-8-23(18-4-6-21(34)7-5-18)33-24(22)12-28-25(31-33)30-17(2)15-35-3;1-16(15-34-2)29-24-27-12-23-21(9-22(32(23)30-24)17-3-5-20(33)6-4-17)18-10-28-31(13-18)14-19-11-25-7-8-26-19;1-13(9-23(24,25)26)30-22-29-12-20-18(15-7-16(11-28-10-15)21(34)27-2)8-19(32(20)31-22)14-3-5-17(33)6-4-14/h8-13,17-18,21,34H,4-7,14-15H2,1-3H3,(H,30,31);7-13,16-17,20,33H,3-6,14-15H2,1-2H3,(H,29,30);7-8,10-14,17,33H,3-6,9H2,1-2H3,(H,27,34)(H,30,31)/t17-,18?,21?;16-,17?,20?;13-,14?,17?/m000/s1. The molecule has 0 aromatic carbocycles. The third-order valence-electron chi connectivity index (χ3n) is 19.0. The van der Waals surface area contributed by atoms with Gasteiger partial charge in [0.05, 0.1) is 134 Å². The number of rotatable bonds is 22. The highest BCUT2D eigenvalue weighted by molar-refractivity contribution is 5.95. The summed E-state index contributed by atoms with van der Waals surface area (Å²) in [5.74, 6) is 1.75.